The third kappa shape index (κ3) is 2.74. The standard InChI is InChI=1S/C13H21N3O3/c1-9(2)16-6-10(14)5-12(16)13(18)15-3-4-19-8-11(15)7-17/h5-6,9,11,17H,3-4,7-8,14H2,1-2H3. The molecular formula is C13H21N3O3. The van der Waals surface area contributed by atoms with Crippen molar-refractivity contribution in [2.75, 3.05) is 32.1 Å². The van der Waals surface area contributed by atoms with Crippen LogP contribution in [0.15, 0.2) is 12.3 Å². The molecule has 3 N–H and O–H groups in total. The molecule has 1 unspecified atom stereocenters. The van der Waals surface area contributed by atoms with Crippen LogP contribution in [-0.2, 0) is 4.74 Å². The lowest BCUT2D eigenvalue weighted by Gasteiger charge is -2.34. The summed E-state index contributed by atoms with van der Waals surface area (Å²) in [6.45, 7) is 5.27. The Bertz CT molecular complexity index is 456. The SMILES string of the molecule is CC(C)n1cc(N)cc1C(=O)N1CCOCC1CO. The van der Waals surface area contributed by atoms with Crippen LogP contribution in [0.3, 0.4) is 0 Å². The van der Waals surface area contributed by atoms with Crippen LogP contribution in [0.1, 0.15) is 30.4 Å². The van der Waals surface area contributed by atoms with Crippen LogP contribution in [0.4, 0.5) is 5.69 Å². The molecule has 1 saturated heterocycles. The first-order valence-corrected chi connectivity index (χ1v) is 6.51. The van der Waals surface area contributed by atoms with Crippen molar-refractivity contribution in [2.45, 2.75) is 25.9 Å². The molecule has 1 atom stereocenters. The van der Waals surface area contributed by atoms with E-state index in [1.54, 1.807) is 17.2 Å². The highest BCUT2D eigenvalue weighted by atomic mass is 16.5. The number of carbonyl (C=O) groups excluding carboxylic acids is 1. The number of anilines is 1. The zero-order valence-electron chi connectivity index (χ0n) is 11.4. The number of aliphatic hydroxyl groups excluding tert-OH is 1. The molecule has 0 bridgehead atoms. The maximum absolute atomic E-state index is 12.6. The van der Waals surface area contributed by atoms with Crippen molar-refractivity contribution >= 4 is 11.6 Å². The average Bonchev–Trinajstić information content (AvgIpc) is 2.80. The Labute approximate surface area is 112 Å². The molecule has 106 valence electrons. The van der Waals surface area contributed by atoms with E-state index in [1.165, 1.54) is 0 Å². The predicted octanol–water partition coefficient (Wildman–Crippen LogP) is 0.484. The molecule has 1 amide bonds. The predicted molar refractivity (Wildman–Crippen MR) is 72.0 cm³/mol. The van der Waals surface area contributed by atoms with Gasteiger partial charge in [0.15, 0.2) is 0 Å². The molecule has 19 heavy (non-hydrogen) atoms. The molecule has 1 fully saturated rings. The van der Waals surface area contributed by atoms with Gasteiger partial charge in [0.1, 0.15) is 5.69 Å². The van der Waals surface area contributed by atoms with Crippen molar-refractivity contribution in [3.05, 3.63) is 18.0 Å². The summed E-state index contributed by atoms with van der Waals surface area (Å²) in [6.07, 6.45) is 1.77. The monoisotopic (exact) mass is 267 g/mol. The molecule has 0 radical (unpaired) electrons. The van der Waals surface area contributed by atoms with Gasteiger partial charge in [-0.05, 0) is 19.9 Å². The van der Waals surface area contributed by atoms with E-state index in [-0.39, 0.29) is 24.6 Å². The molecule has 6 heteroatoms. The van der Waals surface area contributed by atoms with Crippen LogP contribution in [0.2, 0.25) is 0 Å². The molecule has 2 heterocycles. The number of hydrogen-bond donors (Lipinski definition) is 2. The average molecular weight is 267 g/mol. The lowest BCUT2D eigenvalue weighted by Crippen LogP contribution is -2.50. The summed E-state index contributed by atoms with van der Waals surface area (Å²) in [6, 6.07) is 1.56. The van der Waals surface area contributed by atoms with Crippen molar-refractivity contribution in [3.8, 4) is 0 Å². The summed E-state index contributed by atoms with van der Waals surface area (Å²) in [5.41, 5.74) is 6.92. The number of aromatic nitrogens is 1. The summed E-state index contributed by atoms with van der Waals surface area (Å²) >= 11 is 0. The van der Waals surface area contributed by atoms with Gasteiger partial charge in [0, 0.05) is 18.8 Å². The fourth-order valence-electron chi connectivity index (χ4n) is 2.32. The smallest absolute Gasteiger partial charge is 0.271 e. The number of nitrogen functional groups attached to an aromatic ring is 1. The summed E-state index contributed by atoms with van der Waals surface area (Å²) in [7, 11) is 0. The molecule has 0 spiro atoms. The molecule has 0 saturated carbocycles. The first kappa shape index (κ1) is 13.9. The topological polar surface area (TPSA) is 80.7 Å². The van der Waals surface area contributed by atoms with Crippen LogP contribution < -0.4 is 5.73 Å². The minimum absolute atomic E-state index is 0.0936. The number of ether oxygens (including phenoxy) is 1. The van der Waals surface area contributed by atoms with Gasteiger partial charge in [-0.2, -0.15) is 0 Å². The third-order valence-corrected chi connectivity index (χ3v) is 3.34. The molecule has 0 aliphatic carbocycles. The Balaban J connectivity index is 2.27. The van der Waals surface area contributed by atoms with Crippen molar-refractivity contribution in [1.29, 1.82) is 0 Å². The number of nitrogens with zero attached hydrogens (tertiary/aromatic N) is 2. The number of aliphatic hydroxyl groups is 1. The summed E-state index contributed by atoms with van der Waals surface area (Å²) in [5.74, 6) is -0.104. The van der Waals surface area contributed by atoms with E-state index in [2.05, 4.69) is 0 Å². The molecule has 2 rings (SSSR count). The molecule has 1 aliphatic heterocycles. The van der Waals surface area contributed by atoms with Gasteiger partial charge in [-0.3, -0.25) is 4.79 Å². The van der Waals surface area contributed by atoms with Gasteiger partial charge in [0.25, 0.3) is 5.91 Å². The van der Waals surface area contributed by atoms with Gasteiger partial charge in [0.2, 0.25) is 0 Å². The zero-order chi connectivity index (χ0) is 14.0. The quantitative estimate of drug-likeness (QED) is 0.835. The van der Waals surface area contributed by atoms with E-state index in [4.69, 9.17) is 10.5 Å². The van der Waals surface area contributed by atoms with E-state index in [0.29, 0.717) is 31.1 Å². The minimum atomic E-state index is -0.280. The fraction of sp³-hybridized carbons (Fsp3) is 0.615. The number of nitrogens with two attached hydrogens (primary N) is 1. The fourth-order valence-corrected chi connectivity index (χ4v) is 2.32. The van der Waals surface area contributed by atoms with Gasteiger partial charge < -0.3 is 25.0 Å². The van der Waals surface area contributed by atoms with Crippen LogP contribution in [0.5, 0.6) is 0 Å². The maximum Gasteiger partial charge on any atom is 0.271 e. The Morgan fingerprint density at radius 2 is 2.37 bits per heavy atom. The lowest BCUT2D eigenvalue weighted by molar-refractivity contribution is -0.0189. The third-order valence-electron chi connectivity index (χ3n) is 3.34. The highest BCUT2D eigenvalue weighted by Crippen LogP contribution is 2.20. The second kappa shape index (κ2) is 5.63. The van der Waals surface area contributed by atoms with E-state index < -0.39 is 0 Å². The van der Waals surface area contributed by atoms with Crippen molar-refractivity contribution in [2.24, 2.45) is 0 Å². The van der Waals surface area contributed by atoms with Crippen molar-refractivity contribution < 1.29 is 14.6 Å². The minimum Gasteiger partial charge on any atom is -0.397 e. The Hall–Kier alpha value is -1.53. The molecule has 1 aromatic heterocycles. The Morgan fingerprint density at radius 1 is 1.63 bits per heavy atom. The van der Waals surface area contributed by atoms with E-state index in [1.807, 2.05) is 18.4 Å². The number of amides is 1. The number of rotatable bonds is 3. The van der Waals surface area contributed by atoms with Gasteiger partial charge in [-0.25, -0.2) is 0 Å². The van der Waals surface area contributed by atoms with Gasteiger partial charge in [-0.1, -0.05) is 0 Å². The number of morpholine rings is 1. The number of hydrogen-bond acceptors (Lipinski definition) is 4. The van der Waals surface area contributed by atoms with Crippen LogP contribution in [0, 0.1) is 0 Å². The first-order valence-electron chi connectivity index (χ1n) is 6.51. The molecule has 6 nitrogen and oxygen atoms in total. The van der Waals surface area contributed by atoms with Crippen LogP contribution in [-0.4, -0.2) is 52.9 Å². The molecule has 1 aliphatic rings. The first-order chi connectivity index (χ1) is 9.04. The summed E-state index contributed by atoms with van der Waals surface area (Å²) in [5, 5.41) is 9.34. The highest BCUT2D eigenvalue weighted by molar-refractivity contribution is 5.94. The molecular weight excluding hydrogens is 246 g/mol. The Kier molecular flexibility index (Phi) is 4.11. The molecule has 0 aromatic carbocycles. The van der Waals surface area contributed by atoms with Crippen molar-refractivity contribution in [3.63, 3.8) is 0 Å². The summed E-state index contributed by atoms with van der Waals surface area (Å²) < 4.78 is 7.15. The van der Waals surface area contributed by atoms with Gasteiger partial charge in [-0.15, -0.1) is 0 Å². The zero-order valence-corrected chi connectivity index (χ0v) is 11.4. The highest BCUT2D eigenvalue weighted by Gasteiger charge is 2.29. The summed E-state index contributed by atoms with van der Waals surface area (Å²) in [4.78, 5) is 14.3. The second-order valence-corrected chi connectivity index (χ2v) is 5.07. The molecule has 1 aromatic rings. The Morgan fingerprint density at radius 3 is 3.00 bits per heavy atom. The van der Waals surface area contributed by atoms with Crippen LogP contribution >= 0.6 is 0 Å². The largest absolute Gasteiger partial charge is 0.397 e. The maximum atomic E-state index is 12.6. The van der Waals surface area contributed by atoms with Gasteiger partial charge in [0.05, 0.1) is 31.5 Å². The second-order valence-electron chi connectivity index (χ2n) is 5.07. The van der Waals surface area contributed by atoms with E-state index in [9.17, 15) is 9.90 Å². The van der Waals surface area contributed by atoms with E-state index in [0.717, 1.165) is 0 Å². The lowest BCUT2D eigenvalue weighted by atomic mass is 10.2. The number of carbonyl (C=O) groups is 1. The normalized spacial score (nSPS) is 20.0. The van der Waals surface area contributed by atoms with E-state index >= 15 is 0 Å². The van der Waals surface area contributed by atoms with Crippen LogP contribution in [0.25, 0.3) is 0 Å². The van der Waals surface area contributed by atoms with Crippen molar-refractivity contribution in [1.82, 2.24) is 9.47 Å². The van der Waals surface area contributed by atoms with Gasteiger partial charge >= 0.3 is 0 Å².